The van der Waals surface area contributed by atoms with Crippen LogP contribution in [-0.4, -0.2) is 12.0 Å². The van der Waals surface area contributed by atoms with Gasteiger partial charge in [-0.05, 0) is 36.5 Å². The van der Waals surface area contributed by atoms with Crippen molar-refractivity contribution in [1.82, 2.24) is 0 Å². The van der Waals surface area contributed by atoms with Crippen LogP contribution in [0.4, 0.5) is 0 Å². The minimum absolute atomic E-state index is 0.0793. The van der Waals surface area contributed by atoms with Gasteiger partial charge in [0.05, 0.1) is 0 Å². The maximum absolute atomic E-state index is 12.1. The smallest absolute Gasteiger partial charge is 0.194 e. The molecule has 0 bridgehead atoms. The van der Waals surface area contributed by atoms with Crippen molar-refractivity contribution in [3.05, 3.63) is 45.0 Å². The highest BCUT2D eigenvalue weighted by atomic mass is 32.2. The number of Topliss-reactive ketones (excluding diaryl/α,β-unsaturated/α-hetero) is 1. The van der Waals surface area contributed by atoms with Crippen LogP contribution in [0.3, 0.4) is 0 Å². The number of thiophene rings is 1. The lowest BCUT2D eigenvalue weighted by Gasteiger charge is -2.04. The molecule has 0 N–H and O–H groups in total. The van der Waals surface area contributed by atoms with E-state index >= 15 is 0 Å². The highest BCUT2D eigenvalue weighted by molar-refractivity contribution is 8.02. The molecule has 0 aliphatic rings. The van der Waals surface area contributed by atoms with Crippen LogP contribution in [-0.2, 0) is 0 Å². The molecular formula is C16H26OS2. The second-order valence-electron chi connectivity index (χ2n) is 3.10. The number of hydrogen-bond acceptors (Lipinski definition) is 3. The Morgan fingerprint density at radius 2 is 1.84 bits per heavy atom. The van der Waals surface area contributed by atoms with Gasteiger partial charge in [0.1, 0.15) is 0 Å². The van der Waals surface area contributed by atoms with Crippen molar-refractivity contribution in [3.63, 3.8) is 0 Å². The molecular weight excluding hydrogens is 272 g/mol. The van der Waals surface area contributed by atoms with E-state index < -0.39 is 0 Å². The van der Waals surface area contributed by atoms with Crippen LogP contribution in [0.2, 0.25) is 0 Å². The fourth-order valence-corrected chi connectivity index (χ4v) is 2.36. The molecule has 1 aromatic heterocycles. The van der Waals surface area contributed by atoms with Crippen molar-refractivity contribution in [2.45, 2.75) is 41.5 Å². The van der Waals surface area contributed by atoms with Crippen LogP contribution < -0.4 is 0 Å². The first-order valence-corrected chi connectivity index (χ1v) is 8.68. The van der Waals surface area contributed by atoms with Gasteiger partial charge in [-0.2, -0.15) is 0 Å². The monoisotopic (exact) mass is 298 g/mol. The standard InChI is InChI=1S/C12H14OS2.2C2H6/c1-5-10(8(2)14-4)12(13)11-6-7-15-9(11)3;2*1-2/h5-7H,1H2,2-4H3;2*1-2H3. The zero-order chi connectivity index (χ0) is 15.4. The SMILES string of the molecule is C=CC(C(=O)c1ccsc1C)=C(C)SC.CC.CC. The third kappa shape index (κ3) is 6.26. The topological polar surface area (TPSA) is 17.1 Å². The summed E-state index contributed by atoms with van der Waals surface area (Å²) in [7, 11) is 0. The predicted molar refractivity (Wildman–Crippen MR) is 92.5 cm³/mol. The minimum Gasteiger partial charge on any atom is -0.289 e. The second-order valence-corrected chi connectivity index (χ2v) is 5.24. The number of carbonyl (C=O) groups excluding carboxylic acids is 1. The predicted octanol–water partition coefficient (Wildman–Crippen LogP) is 6.11. The first kappa shape index (κ1) is 20.5. The average Bonchev–Trinajstić information content (AvgIpc) is 2.89. The highest BCUT2D eigenvalue weighted by Crippen LogP contribution is 2.24. The van der Waals surface area contributed by atoms with Crippen LogP contribution in [0.25, 0.3) is 0 Å². The van der Waals surface area contributed by atoms with Gasteiger partial charge in [-0.1, -0.05) is 40.3 Å². The number of thioether (sulfide) groups is 1. The Bertz CT molecular complexity index is 414. The number of ketones is 1. The summed E-state index contributed by atoms with van der Waals surface area (Å²) in [4.78, 5) is 14.2. The van der Waals surface area contributed by atoms with Crippen LogP contribution in [0, 0.1) is 6.92 Å². The summed E-state index contributed by atoms with van der Waals surface area (Å²) < 4.78 is 0. The van der Waals surface area contributed by atoms with Crippen molar-refractivity contribution in [2.24, 2.45) is 0 Å². The van der Waals surface area contributed by atoms with Gasteiger partial charge in [0, 0.05) is 16.0 Å². The maximum atomic E-state index is 12.1. The summed E-state index contributed by atoms with van der Waals surface area (Å²) in [6.07, 6.45) is 3.61. The number of carbonyl (C=O) groups is 1. The zero-order valence-corrected chi connectivity index (χ0v) is 14.8. The van der Waals surface area contributed by atoms with E-state index in [-0.39, 0.29) is 5.78 Å². The molecule has 1 nitrogen and oxygen atoms in total. The maximum Gasteiger partial charge on any atom is 0.194 e. The van der Waals surface area contributed by atoms with Crippen LogP contribution in [0.5, 0.6) is 0 Å². The molecule has 0 radical (unpaired) electrons. The Hall–Kier alpha value is -0.800. The van der Waals surface area contributed by atoms with E-state index in [9.17, 15) is 4.79 Å². The summed E-state index contributed by atoms with van der Waals surface area (Å²) in [6.45, 7) is 15.6. The van der Waals surface area contributed by atoms with Gasteiger partial charge in [0.2, 0.25) is 0 Å². The van der Waals surface area contributed by atoms with Gasteiger partial charge in [-0.3, -0.25) is 4.79 Å². The Labute approximate surface area is 126 Å². The molecule has 0 amide bonds. The molecule has 0 saturated heterocycles. The molecule has 0 atom stereocenters. The fourth-order valence-electron chi connectivity index (χ4n) is 1.27. The Morgan fingerprint density at radius 1 is 1.32 bits per heavy atom. The molecule has 0 aromatic carbocycles. The average molecular weight is 299 g/mol. The molecule has 1 rings (SSSR count). The van der Waals surface area contributed by atoms with Crippen molar-refractivity contribution >= 4 is 28.9 Å². The Kier molecular flexibility index (Phi) is 13.2. The van der Waals surface area contributed by atoms with E-state index in [1.54, 1.807) is 29.2 Å². The Balaban J connectivity index is 0. The van der Waals surface area contributed by atoms with Gasteiger partial charge < -0.3 is 0 Å². The first-order valence-electron chi connectivity index (χ1n) is 6.58. The lowest BCUT2D eigenvalue weighted by Crippen LogP contribution is -2.03. The molecule has 0 saturated carbocycles. The summed E-state index contributed by atoms with van der Waals surface area (Å²) in [5.41, 5.74) is 1.51. The van der Waals surface area contributed by atoms with E-state index in [1.807, 2.05) is 59.2 Å². The molecule has 0 aliphatic carbocycles. The van der Waals surface area contributed by atoms with E-state index in [0.29, 0.717) is 5.57 Å². The van der Waals surface area contributed by atoms with E-state index in [4.69, 9.17) is 0 Å². The summed E-state index contributed by atoms with van der Waals surface area (Å²) in [5, 5.41) is 1.94. The lowest BCUT2D eigenvalue weighted by atomic mass is 10.0. The van der Waals surface area contributed by atoms with Gasteiger partial charge in [-0.15, -0.1) is 23.1 Å². The van der Waals surface area contributed by atoms with E-state index in [0.717, 1.165) is 15.3 Å². The third-order valence-electron chi connectivity index (χ3n) is 2.24. The molecule has 108 valence electrons. The van der Waals surface area contributed by atoms with Gasteiger partial charge in [0.25, 0.3) is 0 Å². The van der Waals surface area contributed by atoms with Crippen molar-refractivity contribution < 1.29 is 4.79 Å². The fraction of sp³-hybridized carbons (Fsp3) is 0.438. The molecule has 19 heavy (non-hydrogen) atoms. The van der Waals surface area contributed by atoms with Gasteiger partial charge >= 0.3 is 0 Å². The van der Waals surface area contributed by atoms with Crippen LogP contribution in [0.15, 0.2) is 34.6 Å². The molecule has 0 aliphatic heterocycles. The van der Waals surface area contributed by atoms with Crippen LogP contribution in [0.1, 0.15) is 49.9 Å². The third-order valence-corrected chi connectivity index (χ3v) is 3.92. The zero-order valence-electron chi connectivity index (χ0n) is 13.2. The van der Waals surface area contributed by atoms with Crippen molar-refractivity contribution in [2.75, 3.05) is 6.26 Å². The van der Waals surface area contributed by atoms with E-state index in [2.05, 4.69) is 6.58 Å². The van der Waals surface area contributed by atoms with Gasteiger partial charge in [0.15, 0.2) is 5.78 Å². The molecule has 0 spiro atoms. The Morgan fingerprint density at radius 3 is 2.16 bits per heavy atom. The summed E-state index contributed by atoms with van der Waals surface area (Å²) in [5.74, 6) is 0.0793. The number of allylic oxidation sites excluding steroid dienone is 3. The van der Waals surface area contributed by atoms with Crippen molar-refractivity contribution in [1.29, 1.82) is 0 Å². The quantitative estimate of drug-likeness (QED) is 0.379. The molecule has 1 aromatic rings. The van der Waals surface area contributed by atoms with Gasteiger partial charge in [-0.25, -0.2) is 0 Å². The largest absolute Gasteiger partial charge is 0.289 e. The molecule has 3 heteroatoms. The van der Waals surface area contributed by atoms with Crippen LogP contribution >= 0.6 is 23.1 Å². The molecule has 0 fully saturated rings. The normalized spacial score (nSPS) is 10.3. The summed E-state index contributed by atoms with van der Waals surface area (Å²) in [6, 6.07) is 1.87. The lowest BCUT2D eigenvalue weighted by molar-refractivity contribution is 0.103. The summed E-state index contributed by atoms with van der Waals surface area (Å²) >= 11 is 3.18. The number of hydrogen-bond donors (Lipinski definition) is 0. The first-order chi connectivity index (χ1) is 9.11. The second kappa shape index (κ2) is 12.2. The number of rotatable bonds is 4. The molecule has 1 heterocycles. The molecule has 0 unspecified atom stereocenters. The highest BCUT2D eigenvalue weighted by Gasteiger charge is 2.14. The minimum atomic E-state index is 0.0793. The number of aryl methyl sites for hydroxylation is 1. The van der Waals surface area contributed by atoms with E-state index in [1.165, 1.54) is 0 Å². The van der Waals surface area contributed by atoms with Crippen molar-refractivity contribution in [3.8, 4) is 0 Å².